The lowest BCUT2D eigenvalue weighted by Crippen LogP contribution is -2.43. The molecular formula is C19H25N5O. The quantitative estimate of drug-likeness (QED) is 0.897. The molecule has 4 unspecified atom stereocenters. The monoisotopic (exact) mass is 339 g/mol. The van der Waals surface area contributed by atoms with Gasteiger partial charge in [-0.1, -0.05) is 25.0 Å². The van der Waals surface area contributed by atoms with E-state index in [9.17, 15) is 4.79 Å². The highest BCUT2D eigenvalue weighted by Crippen LogP contribution is 2.33. The molecule has 4 atom stereocenters. The molecule has 25 heavy (non-hydrogen) atoms. The lowest BCUT2D eigenvalue weighted by molar-refractivity contribution is -0.123. The van der Waals surface area contributed by atoms with Crippen LogP contribution >= 0.6 is 0 Å². The Kier molecular flexibility index (Phi) is 4.53. The molecule has 1 aliphatic carbocycles. The van der Waals surface area contributed by atoms with Crippen LogP contribution in [0, 0.1) is 5.92 Å². The van der Waals surface area contributed by atoms with Crippen molar-refractivity contribution in [3.8, 4) is 5.69 Å². The summed E-state index contributed by atoms with van der Waals surface area (Å²) in [5.41, 5.74) is 2.05. The fraction of sp³-hybridized carbons (Fsp3) is 0.526. The summed E-state index contributed by atoms with van der Waals surface area (Å²) in [4.78, 5) is 16.6. The first kappa shape index (κ1) is 16.3. The Hall–Kier alpha value is -2.21. The zero-order valence-corrected chi connectivity index (χ0v) is 14.6. The summed E-state index contributed by atoms with van der Waals surface area (Å²) in [6.07, 6.45) is 9.25. The van der Waals surface area contributed by atoms with Gasteiger partial charge in [0.25, 0.3) is 0 Å². The Balaban J connectivity index is 1.36. The van der Waals surface area contributed by atoms with Crippen LogP contribution in [0.25, 0.3) is 5.69 Å². The molecule has 132 valence electrons. The van der Waals surface area contributed by atoms with Gasteiger partial charge in [-0.15, -0.1) is 0 Å². The number of carbonyl (C=O) groups excluding carboxylic acids is 1. The molecule has 2 aliphatic rings. The number of carbonyl (C=O) groups is 1. The molecule has 2 heterocycles. The van der Waals surface area contributed by atoms with Crippen LogP contribution in [0.2, 0.25) is 0 Å². The fourth-order valence-corrected chi connectivity index (χ4v) is 4.18. The van der Waals surface area contributed by atoms with Crippen molar-refractivity contribution < 1.29 is 4.79 Å². The SMILES string of the molecule is CC(NC(=O)C1CC2CCCCC2N1)c1ccc(-n2cncn2)cc1. The molecule has 2 N–H and O–H groups in total. The van der Waals surface area contributed by atoms with Crippen molar-refractivity contribution >= 4 is 5.91 Å². The maximum Gasteiger partial charge on any atom is 0.237 e. The summed E-state index contributed by atoms with van der Waals surface area (Å²) in [5.74, 6) is 0.809. The van der Waals surface area contributed by atoms with Gasteiger partial charge in [0.15, 0.2) is 0 Å². The van der Waals surface area contributed by atoms with Gasteiger partial charge >= 0.3 is 0 Å². The molecule has 2 aromatic rings. The Morgan fingerprint density at radius 1 is 1.28 bits per heavy atom. The summed E-state index contributed by atoms with van der Waals surface area (Å²) in [6, 6.07) is 8.55. The smallest absolute Gasteiger partial charge is 0.237 e. The van der Waals surface area contributed by atoms with E-state index < -0.39 is 0 Å². The van der Waals surface area contributed by atoms with E-state index in [2.05, 4.69) is 20.7 Å². The summed E-state index contributed by atoms with van der Waals surface area (Å²) in [7, 11) is 0. The van der Waals surface area contributed by atoms with Crippen LogP contribution < -0.4 is 10.6 Å². The van der Waals surface area contributed by atoms with Crippen molar-refractivity contribution in [2.45, 2.75) is 57.2 Å². The molecule has 6 heteroatoms. The predicted octanol–water partition coefficient (Wildman–Crippen LogP) is 2.37. The van der Waals surface area contributed by atoms with Gasteiger partial charge in [0.1, 0.15) is 12.7 Å². The molecule has 1 saturated heterocycles. The van der Waals surface area contributed by atoms with Crippen molar-refractivity contribution in [2.75, 3.05) is 0 Å². The molecule has 4 rings (SSSR count). The van der Waals surface area contributed by atoms with E-state index in [1.54, 1.807) is 11.0 Å². The van der Waals surface area contributed by atoms with Gasteiger partial charge < -0.3 is 10.6 Å². The molecule has 0 radical (unpaired) electrons. The average Bonchev–Trinajstić information content (AvgIpc) is 3.31. The first-order valence-corrected chi connectivity index (χ1v) is 9.22. The largest absolute Gasteiger partial charge is 0.348 e. The number of amides is 1. The maximum absolute atomic E-state index is 12.6. The van der Waals surface area contributed by atoms with Crippen LogP contribution in [0.3, 0.4) is 0 Å². The Morgan fingerprint density at radius 2 is 2.08 bits per heavy atom. The van der Waals surface area contributed by atoms with Gasteiger partial charge in [-0.25, -0.2) is 9.67 Å². The topological polar surface area (TPSA) is 71.8 Å². The van der Waals surface area contributed by atoms with Crippen LogP contribution in [0.4, 0.5) is 0 Å². The predicted molar refractivity (Wildman–Crippen MR) is 95.2 cm³/mol. The third kappa shape index (κ3) is 3.44. The van der Waals surface area contributed by atoms with E-state index in [-0.39, 0.29) is 18.0 Å². The third-order valence-electron chi connectivity index (χ3n) is 5.61. The molecule has 1 aliphatic heterocycles. The molecular weight excluding hydrogens is 314 g/mol. The van der Waals surface area contributed by atoms with Crippen molar-refractivity contribution in [3.63, 3.8) is 0 Å². The van der Waals surface area contributed by atoms with Crippen LogP contribution in [0.15, 0.2) is 36.9 Å². The molecule has 2 fully saturated rings. The van der Waals surface area contributed by atoms with Gasteiger partial charge in [-0.05, 0) is 49.8 Å². The van der Waals surface area contributed by atoms with E-state index in [4.69, 9.17) is 0 Å². The van der Waals surface area contributed by atoms with Gasteiger partial charge in [0, 0.05) is 6.04 Å². The van der Waals surface area contributed by atoms with E-state index >= 15 is 0 Å². The van der Waals surface area contributed by atoms with Crippen molar-refractivity contribution in [3.05, 3.63) is 42.5 Å². The molecule has 1 aromatic heterocycles. The lowest BCUT2D eigenvalue weighted by atomic mass is 9.85. The van der Waals surface area contributed by atoms with E-state index in [1.165, 1.54) is 32.0 Å². The minimum atomic E-state index is -0.0371. The van der Waals surface area contributed by atoms with Crippen molar-refractivity contribution in [2.24, 2.45) is 5.92 Å². The lowest BCUT2D eigenvalue weighted by Gasteiger charge is -2.24. The number of hydrogen-bond donors (Lipinski definition) is 2. The van der Waals surface area contributed by atoms with Gasteiger partial charge in [0.2, 0.25) is 5.91 Å². The Labute approximate surface area is 148 Å². The first-order chi connectivity index (χ1) is 12.2. The van der Waals surface area contributed by atoms with E-state index in [0.29, 0.717) is 12.0 Å². The number of hydrogen-bond acceptors (Lipinski definition) is 4. The standard InChI is InChI=1S/C19H25N5O/c1-13(14-6-8-16(9-7-14)24-12-20-11-21-24)22-19(25)18-10-15-4-2-3-5-17(15)23-18/h6-9,11-13,15,17-18,23H,2-5,10H2,1H3,(H,22,25). The second-order valence-electron chi connectivity index (χ2n) is 7.27. The minimum Gasteiger partial charge on any atom is -0.348 e. The molecule has 0 spiro atoms. The Bertz CT molecular complexity index is 698. The Morgan fingerprint density at radius 3 is 2.80 bits per heavy atom. The van der Waals surface area contributed by atoms with Crippen LogP contribution in [-0.4, -0.2) is 32.8 Å². The molecule has 1 aromatic carbocycles. The second-order valence-corrected chi connectivity index (χ2v) is 7.27. The van der Waals surface area contributed by atoms with Gasteiger partial charge in [0.05, 0.1) is 17.8 Å². The number of benzene rings is 1. The summed E-state index contributed by atoms with van der Waals surface area (Å²) >= 11 is 0. The van der Waals surface area contributed by atoms with E-state index in [1.807, 2.05) is 31.2 Å². The molecule has 1 amide bonds. The van der Waals surface area contributed by atoms with Crippen molar-refractivity contribution in [1.82, 2.24) is 25.4 Å². The zero-order valence-electron chi connectivity index (χ0n) is 14.6. The number of rotatable bonds is 4. The number of nitrogens with zero attached hydrogens (tertiary/aromatic N) is 3. The van der Waals surface area contributed by atoms with Gasteiger partial charge in [-0.2, -0.15) is 5.10 Å². The third-order valence-corrected chi connectivity index (χ3v) is 5.61. The molecule has 1 saturated carbocycles. The van der Waals surface area contributed by atoms with Crippen molar-refractivity contribution in [1.29, 1.82) is 0 Å². The highest BCUT2D eigenvalue weighted by Gasteiger charge is 2.38. The summed E-state index contributed by atoms with van der Waals surface area (Å²) in [6.45, 7) is 2.03. The van der Waals surface area contributed by atoms with Crippen LogP contribution in [-0.2, 0) is 4.79 Å². The normalized spacial score (nSPS) is 26.8. The summed E-state index contributed by atoms with van der Waals surface area (Å²) < 4.78 is 1.72. The highest BCUT2D eigenvalue weighted by atomic mass is 16.2. The fourth-order valence-electron chi connectivity index (χ4n) is 4.18. The number of fused-ring (bicyclic) bond motifs is 1. The number of nitrogens with one attached hydrogen (secondary N) is 2. The zero-order chi connectivity index (χ0) is 17.2. The average molecular weight is 339 g/mol. The molecule has 6 nitrogen and oxygen atoms in total. The first-order valence-electron chi connectivity index (χ1n) is 9.22. The van der Waals surface area contributed by atoms with Crippen LogP contribution in [0.1, 0.15) is 50.6 Å². The van der Waals surface area contributed by atoms with Gasteiger partial charge in [-0.3, -0.25) is 4.79 Å². The molecule has 0 bridgehead atoms. The number of aromatic nitrogens is 3. The second kappa shape index (κ2) is 6.96. The highest BCUT2D eigenvalue weighted by molar-refractivity contribution is 5.82. The summed E-state index contributed by atoms with van der Waals surface area (Å²) in [5, 5.41) is 10.8. The maximum atomic E-state index is 12.6. The minimum absolute atomic E-state index is 0.0123. The van der Waals surface area contributed by atoms with Crippen LogP contribution in [0.5, 0.6) is 0 Å². The van der Waals surface area contributed by atoms with E-state index in [0.717, 1.165) is 17.7 Å².